The Morgan fingerprint density at radius 2 is 1.63 bits per heavy atom. The first-order chi connectivity index (χ1) is 20.5. The van der Waals surface area contributed by atoms with E-state index >= 15 is 0 Å². The van der Waals surface area contributed by atoms with Crippen molar-refractivity contribution < 1.29 is 42.9 Å². The van der Waals surface area contributed by atoms with Gasteiger partial charge < -0.3 is 33.6 Å². The van der Waals surface area contributed by atoms with E-state index in [1.807, 2.05) is 35.8 Å². The first kappa shape index (κ1) is 33.8. The molecule has 2 aromatic rings. The van der Waals surface area contributed by atoms with Crippen LogP contribution in [0.5, 0.6) is 5.75 Å². The van der Waals surface area contributed by atoms with Crippen LogP contribution < -0.4 is 10.1 Å². The Morgan fingerprint density at radius 1 is 0.953 bits per heavy atom. The number of amides is 1. The minimum absolute atomic E-state index is 0.170. The van der Waals surface area contributed by atoms with Gasteiger partial charge in [-0.2, -0.15) is 0 Å². The van der Waals surface area contributed by atoms with E-state index in [-0.39, 0.29) is 13.2 Å². The van der Waals surface area contributed by atoms with Gasteiger partial charge in [-0.3, -0.25) is 19.2 Å². The Bertz CT molecular complexity index is 1250. The molecule has 1 aliphatic heterocycles. The number of hydrogen-bond donors (Lipinski definition) is 1. The number of hydrogen-bond acceptors (Lipinski definition) is 12. The first-order valence-corrected chi connectivity index (χ1v) is 15.0. The molecule has 1 amide bonds. The summed E-state index contributed by atoms with van der Waals surface area (Å²) in [5, 5.41) is 12.1. The summed E-state index contributed by atoms with van der Waals surface area (Å²) in [6, 6.07) is 6.72. The molecule has 1 N–H and O–H groups in total. The van der Waals surface area contributed by atoms with Gasteiger partial charge in [0.05, 0.1) is 0 Å². The maximum absolute atomic E-state index is 12.3. The molecule has 1 fully saturated rings. The number of aromatic nitrogens is 3. The lowest BCUT2D eigenvalue weighted by Gasteiger charge is -2.44. The molecule has 13 nitrogen and oxygen atoms in total. The molecular weight excluding hydrogens is 580 g/mol. The Kier molecular flexibility index (Phi) is 12.8. The fraction of sp³-hybridized carbons (Fsp3) is 0.586. The van der Waals surface area contributed by atoms with Gasteiger partial charge in [-0.15, -0.1) is 10.2 Å². The Labute approximate surface area is 255 Å². The Balaban J connectivity index is 1.96. The van der Waals surface area contributed by atoms with E-state index in [4.69, 9.17) is 23.7 Å². The zero-order valence-corrected chi connectivity index (χ0v) is 26.2. The maximum atomic E-state index is 12.3. The molecule has 0 unspecified atom stereocenters. The molecule has 0 aliphatic carbocycles. The van der Waals surface area contributed by atoms with Gasteiger partial charge in [0.15, 0.2) is 23.2 Å². The van der Waals surface area contributed by atoms with E-state index in [0.717, 1.165) is 36.6 Å². The average molecular weight is 621 g/mol. The number of nitrogens with one attached hydrogen (secondary N) is 1. The fourth-order valence-electron chi connectivity index (χ4n) is 4.54. The lowest BCUT2D eigenvalue weighted by molar-refractivity contribution is -0.211. The van der Waals surface area contributed by atoms with Crippen molar-refractivity contribution >= 4 is 35.6 Å². The standard InChI is InChI=1S/C29H40N4O9S/c1-7-8-9-14-33-24(16-39-22-12-10-17(2)11-13-22)31-32-29(33)43-28-25(30-18(3)34)27(41-21(6)37)26(40-20(5)36)23(42-28)15-38-19(4)35/h10-13,23,25-28H,7-9,14-16H2,1-6H3,(H,30,34)/t23-,25-,26-,27-,28+/m1/s1. The third-order valence-corrected chi connectivity index (χ3v) is 7.61. The van der Waals surface area contributed by atoms with E-state index in [2.05, 4.69) is 22.4 Å². The van der Waals surface area contributed by atoms with Gasteiger partial charge in [0.2, 0.25) is 5.91 Å². The van der Waals surface area contributed by atoms with Crippen molar-refractivity contribution in [1.29, 1.82) is 0 Å². The number of esters is 3. The largest absolute Gasteiger partial charge is 0.486 e. The number of nitrogens with zero attached hydrogens (tertiary/aromatic N) is 3. The number of benzene rings is 1. The predicted octanol–water partition coefficient (Wildman–Crippen LogP) is 3.10. The van der Waals surface area contributed by atoms with Gasteiger partial charge in [0.25, 0.3) is 0 Å². The second kappa shape index (κ2) is 16.3. The number of ether oxygens (including phenoxy) is 5. The normalized spacial score (nSPS) is 21.5. The van der Waals surface area contributed by atoms with Crippen molar-refractivity contribution in [1.82, 2.24) is 20.1 Å². The van der Waals surface area contributed by atoms with E-state index in [9.17, 15) is 19.2 Å². The van der Waals surface area contributed by atoms with Crippen LogP contribution in [0, 0.1) is 6.92 Å². The molecule has 0 spiro atoms. The van der Waals surface area contributed by atoms with Crippen LogP contribution in [0.4, 0.5) is 0 Å². The summed E-state index contributed by atoms with van der Waals surface area (Å²) >= 11 is 1.16. The van der Waals surface area contributed by atoms with Crippen LogP contribution in [-0.2, 0) is 51.3 Å². The van der Waals surface area contributed by atoms with Crippen LogP contribution in [0.15, 0.2) is 29.4 Å². The van der Waals surface area contributed by atoms with E-state index in [1.54, 1.807) is 0 Å². The van der Waals surface area contributed by atoms with Crippen LogP contribution in [0.1, 0.15) is 65.3 Å². The monoisotopic (exact) mass is 620 g/mol. The second-order valence-electron chi connectivity index (χ2n) is 10.2. The summed E-state index contributed by atoms with van der Waals surface area (Å²) < 4.78 is 30.5. The van der Waals surface area contributed by atoms with Crippen molar-refractivity contribution in [3.63, 3.8) is 0 Å². The van der Waals surface area contributed by atoms with Gasteiger partial charge in [-0.05, 0) is 25.5 Å². The number of carbonyl (C=O) groups is 4. The van der Waals surface area contributed by atoms with Gasteiger partial charge in [-0.1, -0.05) is 49.2 Å². The lowest BCUT2D eigenvalue weighted by atomic mass is 9.97. The van der Waals surface area contributed by atoms with Crippen LogP contribution in [0.2, 0.25) is 0 Å². The molecule has 1 aromatic heterocycles. The summed E-state index contributed by atoms with van der Waals surface area (Å²) in [6.45, 7) is 9.54. The van der Waals surface area contributed by atoms with Crippen LogP contribution in [0.25, 0.3) is 0 Å². The molecule has 1 saturated heterocycles. The third-order valence-electron chi connectivity index (χ3n) is 6.46. The highest BCUT2D eigenvalue weighted by Crippen LogP contribution is 2.36. The highest BCUT2D eigenvalue weighted by Gasteiger charge is 2.51. The number of thioether (sulfide) groups is 1. The van der Waals surface area contributed by atoms with Crippen LogP contribution >= 0.6 is 11.8 Å². The predicted molar refractivity (Wildman–Crippen MR) is 155 cm³/mol. The van der Waals surface area contributed by atoms with E-state index in [0.29, 0.717) is 23.3 Å². The smallest absolute Gasteiger partial charge is 0.303 e. The third kappa shape index (κ3) is 10.2. The van der Waals surface area contributed by atoms with Crippen molar-refractivity contribution in [2.75, 3.05) is 6.61 Å². The minimum Gasteiger partial charge on any atom is -0.486 e. The van der Waals surface area contributed by atoms with E-state index in [1.165, 1.54) is 27.7 Å². The number of aryl methyl sites for hydroxylation is 1. The molecule has 0 saturated carbocycles. The van der Waals surface area contributed by atoms with Gasteiger partial charge >= 0.3 is 17.9 Å². The summed E-state index contributed by atoms with van der Waals surface area (Å²) in [7, 11) is 0. The zero-order valence-electron chi connectivity index (χ0n) is 25.4. The molecule has 1 aromatic carbocycles. The number of rotatable bonds is 14. The van der Waals surface area contributed by atoms with E-state index < -0.39 is 53.6 Å². The van der Waals surface area contributed by atoms with Gasteiger partial charge in [-0.25, -0.2) is 0 Å². The topological polar surface area (TPSA) is 157 Å². The Morgan fingerprint density at radius 3 is 2.23 bits per heavy atom. The molecule has 5 atom stereocenters. The minimum atomic E-state index is -1.17. The first-order valence-electron chi connectivity index (χ1n) is 14.2. The highest BCUT2D eigenvalue weighted by molar-refractivity contribution is 7.99. The van der Waals surface area contributed by atoms with Crippen molar-refractivity contribution in [2.24, 2.45) is 0 Å². The fourth-order valence-corrected chi connectivity index (χ4v) is 5.72. The van der Waals surface area contributed by atoms with Gasteiger partial charge in [0.1, 0.15) is 36.5 Å². The molecule has 0 radical (unpaired) electrons. The number of unbranched alkanes of at least 4 members (excludes halogenated alkanes) is 2. The molecule has 3 rings (SSSR count). The zero-order chi connectivity index (χ0) is 31.5. The SMILES string of the molecule is CCCCCn1c(COc2ccc(C)cc2)nnc1S[C@@H]1O[C@H](COC(C)=O)[C@@H](OC(C)=O)[C@H](OC(C)=O)[C@H]1NC(C)=O. The van der Waals surface area contributed by atoms with Crippen LogP contribution in [-0.4, -0.2) is 75.0 Å². The molecule has 2 heterocycles. The van der Waals surface area contributed by atoms with Crippen molar-refractivity contribution in [3.05, 3.63) is 35.7 Å². The lowest BCUT2D eigenvalue weighted by Crippen LogP contribution is -2.65. The van der Waals surface area contributed by atoms with Crippen LogP contribution in [0.3, 0.4) is 0 Å². The molecular formula is C29H40N4O9S. The quantitative estimate of drug-likeness (QED) is 0.187. The molecule has 236 valence electrons. The summed E-state index contributed by atoms with van der Waals surface area (Å²) in [4.78, 5) is 48.2. The maximum Gasteiger partial charge on any atom is 0.303 e. The number of carbonyl (C=O) groups excluding carboxylic acids is 4. The van der Waals surface area contributed by atoms with Gasteiger partial charge in [0, 0.05) is 34.2 Å². The average Bonchev–Trinajstić information content (AvgIpc) is 3.31. The van der Waals surface area contributed by atoms with Crippen molar-refractivity contribution in [3.8, 4) is 5.75 Å². The molecule has 1 aliphatic rings. The van der Waals surface area contributed by atoms with Crippen molar-refractivity contribution in [2.45, 2.75) is 109 Å². The molecule has 14 heteroatoms. The highest BCUT2D eigenvalue weighted by atomic mass is 32.2. The summed E-state index contributed by atoms with van der Waals surface area (Å²) in [5.41, 5.74) is 0.214. The molecule has 43 heavy (non-hydrogen) atoms. The summed E-state index contributed by atoms with van der Waals surface area (Å²) in [5.74, 6) is -1.03. The Hall–Kier alpha value is -3.65. The second-order valence-corrected chi connectivity index (χ2v) is 11.3. The molecule has 0 bridgehead atoms. The summed E-state index contributed by atoms with van der Waals surface area (Å²) in [6.07, 6.45) is -0.484.